The summed E-state index contributed by atoms with van der Waals surface area (Å²) >= 11 is 0. The predicted octanol–water partition coefficient (Wildman–Crippen LogP) is 3.44. The van der Waals surface area contributed by atoms with E-state index in [1.165, 1.54) is 18.5 Å². The first kappa shape index (κ1) is 14.2. The second-order valence-corrected chi connectivity index (χ2v) is 4.77. The Bertz CT molecular complexity index is 747. The Kier molecular flexibility index (Phi) is 4.07. The number of aromatic nitrogens is 2. The molecule has 0 amide bonds. The minimum Gasteiger partial charge on any atom is -0.383 e. The van der Waals surface area contributed by atoms with E-state index in [0.29, 0.717) is 17.1 Å². The third-order valence-corrected chi connectivity index (χ3v) is 3.26. The van der Waals surface area contributed by atoms with Gasteiger partial charge in [-0.3, -0.25) is 0 Å². The largest absolute Gasteiger partial charge is 0.383 e. The van der Waals surface area contributed by atoms with Gasteiger partial charge in [0.25, 0.3) is 0 Å². The Morgan fingerprint density at radius 2 is 1.73 bits per heavy atom. The lowest BCUT2D eigenvalue weighted by atomic mass is 10.0. The van der Waals surface area contributed by atoms with Crippen LogP contribution in [-0.4, -0.2) is 15.1 Å². The summed E-state index contributed by atoms with van der Waals surface area (Å²) in [6.45, 7) is 0. The summed E-state index contributed by atoms with van der Waals surface area (Å²) in [4.78, 5) is 8.14. The van der Waals surface area contributed by atoms with Crippen LogP contribution in [0.4, 0.5) is 15.9 Å². The Morgan fingerprint density at radius 1 is 1.00 bits per heavy atom. The van der Waals surface area contributed by atoms with Crippen LogP contribution in [0.2, 0.25) is 0 Å². The monoisotopic (exact) mass is 295 g/mol. The van der Waals surface area contributed by atoms with Crippen LogP contribution >= 0.6 is 0 Å². The molecule has 3 rings (SSSR count). The smallest absolute Gasteiger partial charge is 0.139 e. The Balaban J connectivity index is 1.91. The zero-order valence-electron chi connectivity index (χ0n) is 11.6. The van der Waals surface area contributed by atoms with Crippen LogP contribution in [0.15, 0.2) is 67.1 Å². The van der Waals surface area contributed by atoms with Crippen LogP contribution in [-0.2, 0) is 0 Å². The first-order valence-electron chi connectivity index (χ1n) is 6.79. The van der Waals surface area contributed by atoms with Gasteiger partial charge in [-0.05, 0) is 29.8 Å². The minimum absolute atomic E-state index is 0.308. The lowest BCUT2D eigenvalue weighted by molar-refractivity contribution is 0.220. The van der Waals surface area contributed by atoms with E-state index >= 15 is 0 Å². The van der Waals surface area contributed by atoms with Gasteiger partial charge in [-0.1, -0.05) is 30.3 Å². The molecule has 0 aliphatic rings. The first-order valence-corrected chi connectivity index (χ1v) is 6.79. The van der Waals surface area contributed by atoms with Crippen molar-refractivity contribution in [1.29, 1.82) is 0 Å². The first-order chi connectivity index (χ1) is 10.7. The zero-order chi connectivity index (χ0) is 15.4. The minimum atomic E-state index is -0.842. The molecule has 22 heavy (non-hydrogen) atoms. The lowest BCUT2D eigenvalue weighted by Gasteiger charge is -2.15. The van der Waals surface area contributed by atoms with E-state index in [2.05, 4.69) is 15.3 Å². The Morgan fingerprint density at radius 3 is 2.45 bits per heavy atom. The lowest BCUT2D eigenvalue weighted by Crippen LogP contribution is -2.06. The molecule has 110 valence electrons. The molecule has 0 saturated heterocycles. The molecule has 0 saturated carbocycles. The van der Waals surface area contributed by atoms with Crippen LogP contribution in [0.25, 0.3) is 0 Å². The highest BCUT2D eigenvalue weighted by Crippen LogP contribution is 2.27. The number of benzene rings is 2. The Labute approximate surface area is 127 Å². The summed E-state index contributed by atoms with van der Waals surface area (Å²) in [5.41, 5.74) is 1.99. The molecule has 0 fully saturated rings. The fraction of sp³-hybridized carbons (Fsp3) is 0.0588. The van der Waals surface area contributed by atoms with Gasteiger partial charge in [-0.25, -0.2) is 14.4 Å². The van der Waals surface area contributed by atoms with E-state index in [-0.39, 0.29) is 5.82 Å². The van der Waals surface area contributed by atoms with Crippen molar-refractivity contribution in [2.45, 2.75) is 6.10 Å². The number of hydrogen-bond donors (Lipinski definition) is 2. The summed E-state index contributed by atoms with van der Waals surface area (Å²) in [5.74, 6) is 0.177. The second kappa shape index (κ2) is 6.32. The third kappa shape index (κ3) is 3.10. The molecule has 1 unspecified atom stereocenters. The number of halogens is 1. The van der Waals surface area contributed by atoms with Crippen molar-refractivity contribution in [2.24, 2.45) is 0 Å². The summed E-state index contributed by atoms with van der Waals surface area (Å²) in [6, 6.07) is 15.2. The van der Waals surface area contributed by atoms with Crippen LogP contribution in [0.5, 0.6) is 0 Å². The number of aliphatic hydroxyl groups excluding tert-OH is 1. The fourth-order valence-electron chi connectivity index (χ4n) is 2.13. The fourth-order valence-corrected chi connectivity index (χ4v) is 2.13. The molecule has 1 atom stereocenters. The highest BCUT2D eigenvalue weighted by molar-refractivity contribution is 5.59. The number of rotatable bonds is 4. The Hall–Kier alpha value is -2.79. The SMILES string of the molecule is OC(c1ccccc1)c1cncnc1Nc1ccc(F)cc1. The van der Waals surface area contributed by atoms with Gasteiger partial charge in [0.05, 0.1) is 0 Å². The maximum Gasteiger partial charge on any atom is 0.139 e. The second-order valence-electron chi connectivity index (χ2n) is 4.77. The standard InChI is InChI=1S/C17H14FN3O/c18-13-6-8-14(9-7-13)21-17-15(10-19-11-20-17)16(22)12-4-2-1-3-5-12/h1-11,16,22H,(H,19,20,21). The van der Waals surface area contributed by atoms with E-state index in [1.54, 1.807) is 18.3 Å². The van der Waals surface area contributed by atoms with Crippen molar-refractivity contribution in [3.8, 4) is 0 Å². The van der Waals surface area contributed by atoms with E-state index in [0.717, 1.165) is 5.56 Å². The van der Waals surface area contributed by atoms with E-state index < -0.39 is 6.10 Å². The van der Waals surface area contributed by atoms with Gasteiger partial charge >= 0.3 is 0 Å². The van der Waals surface area contributed by atoms with E-state index in [1.807, 2.05) is 30.3 Å². The highest BCUT2D eigenvalue weighted by Gasteiger charge is 2.16. The summed E-state index contributed by atoms with van der Waals surface area (Å²) in [6.07, 6.45) is 2.12. The number of aliphatic hydroxyl groups is 1. The van der Waals surface area contributed by atoms with Crippen molar-refractivity contribution in [3.63, 3.8) is 0 Å². The molecule has 0 bridgehead atoms. The summed E-state index contributed by atoms with van der Waals surface area (Å²) in [7, 11) is 0. The van der Waals surface area contributed by atoms with E-state index in [9.17, 15) is 9.50 Å². The molecule has 2 aromatic carbocycles. The van der Waals surface area contributed by atoms with Crippen LogP contribution in [0.1, 0.15) is 17.2 Å². The van der Waals surface area contributed by atoms with Gasteiger partial charge in [0.15, 0.2) is 0 Å². The molecule has 3 aromatic rings. The molecule has 0 radical (unpaired) electrons. The maximum atomic E-state index is 13.0. The van der Waals surface area contributed by atoms with Crippen molar-refractivity contribution < 1.29 is 9.50 Å². The number of hydrogen-bond acceptors (Lipinski definition) is 4. The number of nitrogens with zero attached hydrogens (tertiary/aromatic N) is 2. The highest BCUT2D eigenvalue weighted by atomic mass is 19.1. The van der Waals surface area contributed by atoms with Crippen LogP contribution in [0.3, 0.4) is 0 Å². The van der Waals surface area contributed by atoms with Crippen molar-refractivity contribution >= 4 is 11.5 Å². The van der Waals surface area contributed by atoms with E-state index in [4.69, 9.17) is 0 Å². The predicted molar refractivity (Wildman–Crippen MR) is 82.2 cm³/mol. The van der Waals surface area contributed by atoms with Gasteiger partial charge < -0.3 is 10.4 Å². The average molecular weight is 295 g/mol. The van der Waals surface area contributed by atoms with Gasteiger partial charge in [-0.15, -0.1) is 0 Å². The summed E-state index contributed by atoms with van der Waals surface area (Å²) < 4.78 is 13.0. The quantitative estimate of drug-likeness (QED) is 0.774. The average Bonchev–Trinajstić information content (AvgIpc) is 2.58. The van der Waals surface area contributed by atoms with Crippen LogP contribution in [0, 0.1) is 5.82 Å². The molecule has 5 heteroatoms. The molecule has 4 nitrogen and oxygen atoms in total. The van der Waals surface area contributed by atoms with Gasteiger partial charge in [0.1, 0.15) is 24.1 Å². The van der Waals surface area contributed by atoms with Gasteiger partial charge in [0, 0.05) is 17.4 Å². The number of nitrogens with one attached hydrogen (secondary N) is 1. The van der Waals surface area contributed by atoms with Crippen molar-refractivity contribution in [2.75, 3.05) is 5.32 Å². The molecule has 0 spiro atoms. The number of anilines is 2. The topological polar surface area (TPSA) is 58.0 Å². The molecule has 1 heterocycles. The molecule has 1 aromatic heterocycles. The third-order valence-electron chi connectivity index (χ3n) is 3.26. The molecule has 0 aliphatic carbocycles. The molecule has 2 N–H and O–H groups in total. The molecular formula is C17H14FN3O. The van der Waals surface area contributed by atoms with Gasteiger partial charge in [0.2, 0.25) is 0 Å². The normalized spacial score (nSPS) is 11.9. The van der Waals surface area contributed by atoms with Crippen LogP contribution < -0.4 is 5.32 Å². The van der Waals surface area contributed by atoms with Gasteiger partial charge in [-0.2, -0.15) is 0 Å². The zero-order valence-corrected chi connectivity index (χ0v) is 11.6. The van der Waals surface area contributed by atoms with Crippen molar-refractivity contribution in [3.05, 3.63) is 84.1 Å². The summed E-state index contributed by atoms with van der Waals surface area (Å²) in [5, 5.41) is 13.6. The molecule has 0 aliphatic heterocycles. The maximum absolute atomic E-state index is 13.0. The molecular weight excluding hydrogens is 281 g/mol. The van der Waals surface area contributed by atoms with Crippen molar-refractivity contribution in [1.82, 2.24) is 9.97 Å².